The molecule has 3 nitrogen and oxygen atoms in total. The van der Waals surface area contributed by atoms with E-state index < -0.39 is 0 Å². The number of unbranched alkanes of at least 4 members (excludes halogenated alkanes) is 3. The molecule has 4 heteroatoms. The van der Waals surface area contributed by atoms with Gasteiger partial charge in [0.15, 0.2) is 0 Å². The van der Waals surface area contributed by atoms with Crippen LogP contribution in [0.2, 0.25) is 0 Å². The SMILES string of the molecule is C=C(C)C(=O)O[N+](C)(C)CCCCCC.[Br-]. The van der Waals surface area contributed by atoms with E-state index in [1.807, 2.05) is 14.1 Å². The number of rotatable bonds is 7. The second-order valence-electron chi connectivity index (χ2n) is 4.52. The van der Waals surface area contributed by atoms with Crippen LogP contribution in [0.1, 0.15) is 39.5 Å². The van der Waals surface area contributed by atoms with Gasteiger partial charge in [0.2, 0.25) is 0 Å². The van der Waals surface area contributed by atoms with Gasteiger partial charge in [0.05, 0.1) is 0 Å². The summed E-state index contributed by atoms with van der Waals surface area (Å²) in [6, 6.07) is 0. The van der Waals surface area contributed by atoms with Crippen molar-refractivity contribution in [3.63, 3.8) is 0 Å². The third-order valence-corrected chi connectivity index (χ3v) is 2.23. The number of nitrogens with zero attached hydrogens (tertiary/aromatic N) is 1. The topological polar surface area (TPSA) is 26.3 Å². The molecule has 0 rings (SSSR count). The largest absolute Gasteiger partial charge is 1.00 e. The summed E-state index contributed by atoms with van der Waals surface area (Å²) in [7, 11) is 3.79. The molecule has 0 atom stereocenters. The molecule has 0 unspecified atom stereocenters. The molecule has 16 heavy (non-hydrogen) atoms. The van der Waals surface area contributed by atoms with Crippen LogP contribution in [0.25, 0.3) is 0 Å². The van der Waals surface area contributed by atoms with Crippen molar-refractivity contribution in [2.45, 2.75) is 39.5 Å². The van der Waals surface area contributed by atoms with Gasteiger partial charge in [-0.25, -0.2) is 4.79 Å². The van der Waals surface area contributed by atoms with E-state index in [4.69, 9.17) is 4.84 Å². The highest BCUT2D eigenvalue weighted by atomic mass is 79.9. The first kappa shape index (κ1) is 18.0. The molecule has 0 bridgehead atoms. The predicted molar refractivity (Wildman–Crippen MR) is 62.0 cm³/mol. The summed E-state index contributed by atoms with van der Waals surface area (Å²) in [6.07, 6.45) is 4.75. The molecule has 0 aromatic carbocycles. The van der Waals surface area contributed by atoms with Gasteiger partial charge in [-0.1, -0.05) is 26.3 Å². The summed E-state index contributed by atoms with van der Waals surface area (Å²) in [6.45, 7) is 8.27. The summed E-state index contributed by atoms with van der Waals surface area (Å²) in [5, 5.41) is 0. The fourth-order valence-corrected chi connectivity index (χ4v) is 1.27. The Labute approximate surface area is 110 Å². The third kappa shape index (κ3) is 8.92. The lowest BCUT2D eigenvalue weighted by Crippen LogP contribution is -3.00. The van der Waals surface area contributed by atoms with Gasteiger partial charge < -0.3 is 17.0 Å². The van der Waals surface area contributed by atoms with Crippen molar-refractivity contribution in [1.82, 2.24) is 0 Å². The molecule has 0 aliphatic heterocycles. The molecular formula is C12H24BrNO2. The average molecular weight is 294 g/mol. The highest BCUT2D eigenvalue weighted by Crippen LogP contribution is 2.08. The van der Waals surface area contributed by atoms with Gasteiger partial charge in [-0.15, -0.1) is 4.65 Å². The maximum absolute atomic E-state index is 11.3. The van der Waals surface area contributed by atoms with E-state index in [-0.39, 0.29) is 27.6 Å². The number of carbonyl (C=O) groups is 1. The van der Waals surface area contributed by atoms with E-state index in [0.29, 0.717) is 5.57 Å². The first-order valence-electron chi connectivity index (χ1n) is 5.61. The van der Waals surface area contributed by atoms with Crippen LogP contribution in [0.4, 0.5) is 0 Å². The van der Waals surface area contributed by atoms with Gasteiger partial charge >= 0.3 is 5.97 Å². The van der Waals surface area contributed by atoms with Crippen LogP contribution in [-0.2, 0) is 9.63 Å². The Balaban J connectivity index is 0. The molecule has 0 aliphatic carbocycles. The second-order valence-corrected chi connectivity index (χ2v) is 4.52. The molecule has 0 heterocycles. The van der Waals surface area contributed by atoms with Crippen molar-refractivity contribution < 1.29 is 31.3 Å². The van der Waals surface area contributed by atoms with Crippen LogP contribution in [0.5, 0.6) is 0 Å². The summed E-state index contributed by atoms with van der Waals surface area (Å²) >= 11 is 0. The maximum Gasteiger partial charge on any atom is 0.392 e. The highest BCUT2D eigenvalue weighted by molar-refractivity contribution is 5.86. The minimum Gasteiger partial charge on any atom is -1.00 e. The fraction of sp³-hybridized carbons (Fsp3) is 0.750. The van der Waals surface area contributed by atoms with Gasteiger partial charge in [-0.2, -0.15) is 0 Å². The number of carbonyl (C=O) groups excluding carboxylic acids is 1. The summed E-state index contributed by atoms with van der Waals surface area (Å²) in [5.74, 6) is -0.310. The molecule has 0 radical (unpaired) electrons. The number of quaternary nitrogens is 1. The lowest BCUT2D eigenvalue weighted by molar-refractivity contribution is -1.06. The number of hydrogen-bond donors (Lipinski definition) is 0. The average Bonchev–Trinajstić information content (AvgIpc) is 2.11. The van der Waals surface area contributed by atoms with Crippen LogP contribution >= 0.6 is 0 Å². The van der Waals surface area contributed by atoms with Gasteiger partial charge in [-0.3, -0.25) is 4.84 Å². The van der Waals surface area contributed by atoms with Crippen molar-refractivity contribution in [2.24, 2.45) is 0 Å². The van der Waals surface area contributed by atoms with Crippen LogP contribution < -0.4 is 17.0 Å². The minimum atomic E-state index is -0.310. The first-order valence-corrected chi connectivity index (χ1v) is 5.61. The fourth-order valence-electron chi connectivity index (χ4n) is 1.27. The van der Waals surface area contributed by atoms with E-state index in [2.05, 4.69) is 13.5 Å². The van der Waals surface area contributed by atoms with Gasteiger partial charge in [-0.05, 0) is 13.3 Å². The van der Waals surface area contributed by atoms with Gasteiger partial charge in [0.1, 0.15) is 20.6 Å². The summed E-state index contributed by atoms with van der Waals surface area (Å²) in [5.41, 5.74) is 0.453. The van der Waals surface area contributed by atoms with E-state index in [0.717, 1.165) is 13.0 Å². The lowest BCUT2D eigenvalue weighted by atomic mass is 10.2. The zero-order chi connectivity index (χ0) is 11.9. The lowest BCUT2D eigenvalue weighted by Gasteiger charge is -2.25. The van der Waals surface area contributed by atoms with E-state index >= 15 is 0 Å². The van der Waals surface area contributed by atoms with Crippen LogP contribution in [0.3, 0.4) is 0 Å². The smallest absolute Gasteiger partial charge is 0.392 e. The van der Waals surface area contributed by atoms with Crippen LogP contribution in [-0.4, -0.2) is 31.3 Å². The van der Waals surface area contributed by atoms with Crippen molar-refractivity contribution in [3.8, 4) is 0 Å². The summed E-state index contributed by atoms with van der Waals surface area (Å²) in [4.78, 5) is 16.6. The highest BCUT2D eigenvalue weighted by Gasteiger charge is 2.21. The Morgan fingerprint density at radius 2 is 1.81 bits per heavy atom. The molecular weight excluding hydrogens is 270 g/mol. The Bertz CT molecular complexity index is 227. The Morgan fingerprint density at radius 1 is 1.25 bits per heavy atom. The molecule has 0 aliphatic rings. The second kappa shape index (κ2) is 8.76. The van der Waals surface area contributed by atoms with Crippen molar-refractivity contribution in [1.29, 1.82) is 0 Å². The minimum absolute atomic E-state index is 0. The standard InChI is InChI=1S/C12H24NO2.BrH/c1-6-7-8-9-10-13(4,5)15-12(14)11(2)3;/h2,6-10H2,1,3-5H3;1H/q+1;/p-1. The quantitative estimate of drug-likeness (QED) is 0.278. The van der Waals surface area contributed by atoms with Crippen LogP contribution in [0, 0.1) is 0 Å². The zero-order valence-corrected chi connectivity index (χ0v) is 12.5. The molecule has 0 spiro atoms. The van der Waals surface area contributed by atoms with Crippen LogP contribution in [0.15, 0.2) is 12.2 Å². The molecule has 0 aromatic heterocycles. The number of hydroxylamine groups is 3. The molecule has 0 N–H and O–H groups in total. The molecule has 0 fully saturated rings. The van der Waals surface area contributed by atoms with Crippen molar-refractivity contribution in [3.05, 3.63) is 12.2 Å². The molecule has 0 amide bonds. The third-order valence-electron chi connectivity index (χ3n) is 2.23. The molecule has 0 aromatic rings. The Kier molecular flexibility index (Phi) is 9.87. The van der Waals surface area contributed by atoms with Crippen molar-refractivity contribution in [2.75, 3.05) is 20.6 Å². The normalized spacial score (nSPS) is 10.5. The summed E-state index contributed by atoms with van der Waals surface area (Å²) < 4.78 is 0.287. The Morgan fingerprint density at radius 3 is 2.25 bits per heavy atom. The van der Waals surface area contributed by atoms with Gasteiger partial charge in [0, 0.05) is 12.0 Å². The number of hydrogen-bond acceptors (Lipinski definition) is 2. The molecule has 96 valence electrons. The number of halogens is 1. The molecule has 0 saturated heterocycles. The first-order chi connectivity index (χ1) is 6.89. The van der Waals surface area contributed by atoms with E-state index in [9.17, 15) is 4.79 Å². The Hall–Kier alpha value is -0.350. The van der Waals surface area contributed by atoms with E-state index in [1.54, 1.807) is 6.92 Å². The maximum atomic E-state index is 11.3. The van der Waals surface area contributed by atoms with Gasteiger partial charge in [0.25, 0.3) is 0 Å². The van der Waals surface area contributed by atoms with E-state index in [1.165, 1.54) is 19.3 Å². The predicted octanol–water partition coefficient (Wildman–Crippen LogP) is -0.319. The zero-order valence-electron chi connectivity index (χ0n) is 10.9. The molecule has 0 saturated carbocycles. The monoisotopic (exact) mass is 293 g/mol. The van der Waals surface area contributed by atoms with Crippen molar-refractivity contribution >= 4 is 5.97 Å².